The standard InChI is InChI=1S/C10H14N4S/c1-7-10(11)8(2)14(13-7)6-4-9-3-5-12-15-9/h3,5H,4,6,11H2,1-2H3. The van der Waals surface area contributed by atoms with Crippen molar-refractivity contribution in [3.8, 4) is 0 Å². The van der Waals surface area contributed by atoms with E-state index in [4.69, 9.17) is 5.73 Å². The second-order valence-electron chi connectivity index (χ2n) is 3.54. The second-order valence-corrected chi connectivity index (χ2v) is 4.45. The Kier molecular flexibility index (Phi) is 2.73. The summed E-state index contributed by atoms with van der Waals surface area (Å²) in [5, 5.41) is 4.39. The molecule has 0 fully saturated rings. The molecular weight excluding hydrogens is 208 g/mol. The van der Waals surface area contributed by atoms with Crippen LogP contribution in [-0.2, 0) is 13.0 Å². The fourth-order valence-corrected chi connectivity index (χ4v) is 2.08. The molecule has 4 nitrogen and oxygen atoms in total. The van der Waals surface area contributed by atoms with Gasteiger partial charge < -0.3 is 5.73 Å². The fourth-order valence-electron chi connectivity index (χ4n) is 1.52. The summed E-state index contributed by atoms with van der Waals surface area (Å²) in [5.41, 5.74) is 8.63. The molecule has 0 aromatic carbocycles. The highest BCUT2D eigenvalue weighted by Crippen LogP contribution is 2.15. The summed E-state index contributed by atoms with van der Waals surface area (Å²) >= 11 is 1.54. The van der Waals surface area contributed by atoms with Crippen molar-refractivity contribution in [3.05, 3.63) is 28.5 Å². The van der Waals surface area contributed by atoms with Crippen molar-refractivity contribution >= 4 is 17.2 Å². The van der Waals surface area contributed by atoms with Gasteiger partial charge in [0, 0.05) is 24.0 Å². The molecule has 2 aromatic rings. The van der Waals surface area contributed by atoms with E-state index >= 15 is 0 Å². The minimum absolute atomic E-state index is 0.805. The monoisotopic (exact) mass is 222 g/mol. The van der Waals surface area contributed by atoms with Crippen LogP contribution in [0.15, 0.2) is 12.3 Å². The topological polar surface area (TPSA) is 56.7 Å². The van der Waals surface area contributed by atoms with Gasteiger partial charge in [-0.15, -0.1) is 0 Å². The molecule has 2 N–H and O–H groups in total. The molecule has 0 unspecified atom stereocenters. The van der Waals surface area contributed by atoms with Crippen molar-refractivity contribution in [2.75, 3.05) is 5.73 Å². The number of aryl methyl sites for hydroxylation is 3. The van der Waals surface area contributed by atoms with Gasteiger partial charge in [-0.1, -0.05) is 0 Å². The number of anilines is 1. The molecule has 2 rings (SSSR count). The van der Waals surface area contributed by atoms with Crippen LogP contribution in [0.3, 0.4) is 0 Å². The smallest absolute Gasteiger partial charge is 0.0825 e. The summed E-state index contributed by atoms with van der Waals surface area (Å²) in [7, 11) is 0. The lowest BCUT2D eigenvalue weighted by atomic mass is 10.3. The highest BCUT2D eigenvalue weighted by Gasteiger charge is 2.07. The molecule has 0 radical (unpaired) electrons. The van der Waals surface area contributed by atoms with E-state index in [-0.39, 0.29) is 0 Å². The molecular formula is C10H14N4S. The van der Waals surface area contributed by atoms with Gasteiger partial charge >= 0.3 is 0 Å². The Labute approximate surface area is 92.9 Å². The van der Waals surface area contributed by atoms with Crippen LogP contribution >= 0.6 is 11.5 Å². The lowest BCUT2D eigenvalue weighted by Crippen LogP contribution is -2.04. The highest BCUT2D eigenvalue weighted by atomic mass is 32.1. The molecule has 15 heavy (non-hydrogen) atoms. The van der Waals surface area contributed by atoms with Gasteiger partial charge in [-0.2, -0.15) is 5.10 Å². The first-order valence-electron chi connectivity index (χ1n) is 4.87. The zero-order valence-corrected chi connectivity index (χ0v) is 9.71. The molecule has 0 aliphatic carbocycles. The van der Waals surface area contributed by atoms with E-state index < -0.39 is 0 Å². The Balaban J connectivity index is 2.08. The number of hydrogen-bond acceptors (Lipinski definition) is 4. The van der Waals surface area contributed by atoms with Crippen molar-refractivity contribution in [3.63, 3.8) is 0 Å². The van der Waals surface area contributed by atoms with Crippen molar-refractivity contribution in [1.29, 1.82) is 0 Å². The molecule has 2 aromatic heterocycles. The average Bonchev–Trinajstić information content (AvgIpc) is 2.80. The summed E-state index contributed by atoms with van der Waals surface area (Å²) in [6.07, 6.45) is 2.79. The van der Waals surface area contributed by atoms with Crippen molar-refractivity contribution < 1.29 is 0 Å². The molecule has 0 aliphatic rings. The van der Waals surface area contributed by atoms with E-state index in [0.29, 0.717) is 0 Å². The predicted molar refractivity (Wildman–Crippen MR) is 61.9 cm³/mol. The van der Waals surface area contributed by atoms with Crippen molar-refractivity contribution in [2.24, 2.45) is 0 Å². The molecule has 0 saturated heterocycles. The zero-order valence-electron chi connectivity index (χ0n) is 8.90. The predicted octanol–water partition coefficient (Wildman–Crippen LogP) is 1.78. The van der Waals surface area contributed by atoms with E-state index in [9.17, 15) is 0 Å². The fraction of sp³-hybridized carbons (Fsp3) is 0.400. The first kappa shape index (κ1) is 10.2. The third-order valence-electron chi connectivity index (χ3n) is 2.50. The van der Waals surface area contributed by atoms with Crippen LogP contribution in [0, 0.1) is 13.8 Å². The van der Waals surface area contributed by atoms with Crippen LogP contribution in [0.5, 0.6) is 0 Å². The summed E-state index contributed by atoms with van der Waals surface area (Å²) in [5.74, 6) is 0. The lowest BCUT2D eigenvalue weighted by Gasteiger charge is -2.02. The van der Waals surface area contributed by atoms with Gasteiger partial charge in [-0.25, -0.2) is 4.37 Å². The summed E-state index contributed by atoms with van der Waals surface area (Å²) < 4.78 is 6.03. The summed E-state index contributed by atoms with van der Waals surface area (Å²) in [6, 6.07) is 2.04. The lowest BCUT2D eigenvalue weighted by molar-refractivity contribution is 0.597. The Morgan fingerprint density at radius 2 is 2.27 bits per heavy atom. The minimum Gasteiger partial charge on any atom is -0.396 e. The summed E-state index contributed by atoms with van der Waals surface area (Å²) in [4.78, 5) is 1.28. The molecule has 0 bridgehead atoms. The van der Waals surface area contributed by atoms with Gasteiger partial charge in [0.1, 0.15) is 0 Å². The number of nitrogens with zero attached hydrogens (tertiary/aromatic N) is 3. The first-order chi connectivity index (χ1) is 7.18. The third kappa shape index (κ3) is 2.02. The Morgan fingerprint density at radius 3 is 2.80 bits per heavy atom. The van der Waals surface area contributed by atoms with E-state index in [1.165, 1.54) is 16.4 Å². The first-order valence-corrected chi connectivity index (χ1v) is 5.65. The van der Waals surface area contributed by atoms with Crippen LogP contribution in [0.1, 0.15) is 16.3 Å². The van der Waals surface area contributed by atoms with Gasteiger partial charge in [0.2, 0.25) is 0 Å². The third-order valence-corrected chi connectivity index (χ3v) is 3.30. The maximum Gasteiger partial charge on any atom is 0.0825 e. The minimum atomic E-state index is 0.805. The van der Waals surface area contributed by atoms with Gasteiger partial charge in [-0.05, 0) is 31.4 Å². The number of aromatic nitrogens is 3. The Hall–Kier alpha value is -1.36. The van der Waals surface area contributed by atoms with Crippen LogP contribution in [0.4, 0.5) is 5.69 Å². The van der Waals surface area contributed by atoms with Crippen LogP contribution in [0.2, 0.25) is 0 Å². The molecule has 0 amide bonds. The van der Waals surface area contributed by atoms with E-state index in [1.54, 1.807) is 0 Å². The van der Waals surface area contributed by atoms with Gasteiger partial charge in [-0.3, -0.25) is 4.68 Å². The van der Waals surface area contributed by atoms with Gasteiger partial charge in [0.15, 0.2) is 0 Å². The number of nitrogen functional groups attached to an aromatic ring is 1. The average molecular weight is 222 g/mol. The maximum atomic E-state index is 5.86. The molecule has 5 heteroatoms. The van der Waals surface area contributed by atoms with E-state index in [1.807, 2.05) is 30.8 Å². The van der Waals surface area contributed by atoms with Crippen LogP contribution < -0.4 is 5.73 Å². The van der Waals surface area contributed by atoms with Gasteiger partial charge in [0.05, 0.1) is 17.1 Å². The largest absolute Gasteiger partial charge is 0.396 e. The highest BCUT2D eigenvalue weighted by molar-refractivity contribution is 7.05. The number of hydrogen-bond donors (Lipinski definition) is 1. The SMILES string of the molecule is Cc1nn(CCc2ccns2)c(C)c1N. The van der Waals surface area contributed by atoms with Crippen LogP contribution in [0.25, 0.3) is 0 Å². The van der Waals surface area contributed by atoms with E-state index in [0.717, 1.165) is 30.0 Å². The molecule has 0 spiro atoms. The van der Waals surface area contributed by atoms with Crippen LogP contribution in [-0.4, -0.2) is 14.2 Å². The van der Waals surface area contributed by atoms with Gasteiger partial charge in [0.25, 0.3) is 0 Å². The van der Waals surface area contributed by atoms with Crippen molar-refractivity contribution in [2.45, 2.75) is 26.8 Å². The maximum absolute atomic E-state index is 5.86. The van der Waals surface area contributed by atoms with E-state index in [2.05, 4.69) is 9.47 Å². The Bertz CT molecular complexity index is 444. The Morgan fingerprint density at radius 1 is 1.47 bits per heavy atom. The molecule has 0 aliphatic heterocycles. The normalized spacial score (nSPS) is 10.8. The molecule has 0 saturated carbocycles. The number of nitrogens with two attached hydrogens (primary N) is 1. The molecule has 2 heterocycles. The number of rotatable bonds is 3. The zero-order chi connectivity index (χ0) is 10.8. The quantitative estimate of drug-likeness (QED) is 0.861. The molecule has 80 valence electrons. The molecule has 0 atom stereocenters. The van der Waals surface area contributed by atoms with Crippen molar-refractivity contribution in [1.82, 2.24) is 14.2 Å². The second kappa shape index (κ2) is 4.02. The summed E-state index contributed by atoms with van der Waals surface area (Å²) in [6.45, 7) is 4.81.